The van der Waals surface area contributed by atoms with Crippen LogP contribution in [0.3, 0.4) is 0 Å². The van der Waals surface area contributed by atoms with Crippen molar-refractivity contribution in [2.75, 3.05) is 0 Å². The predicted octanol–water partition coefficient (Wildman–Crippen LogP) is 4.05. The van der Waals surface area contributed by atoms with E-state index in [2.05, 4.69) is 39.8 Å². The van der Waals surface area contributed by atoms with Gasteiger partial charge in [0, 0.05) is 6.04 Å². The van der Waals surface area contributed by atoms with Crippen LogP contribution in [-0.2, 0) is 0 Å². The lowest BCUT2D eigenvalue weighted by Crippen LogP contribution is -2.25. The van der Waals surface area contributed by atoms with Gasteiger partial charge in [-0.25, -0.2) is 0 Å². The zero-order chi connectivity index (χ0) is 12.1. The number of allylic oxidation sites excluding steroid dienone is 3. The minimum absolute atomic E-state index is 0.251. The molecule has 2 atom stereocenters. The molecule has 1 rings (SSSR count). The Morgan fingerprint density at radius 3 is 2.44 bits per heavy atom. The van der Waals surface area contributed by atoms with Gasteiger partial charge in [-0.05, 0) is 51.0 Å². The van der Waals surface area contributed by atoms with Crippen LogP contribution in [0.4, 0.5) is 0 Å². The summed E-state index contributed by atoms with van der Waals surface area (Å²) in [4.78, 5) is 0. The van der Waals surface area contributed by atoms with E-state index in [4.69, 9.17) is 5.73 Å². The summed E-state index contributed by atoms with van der Waals surface area (Å²) in [6.45, 7) is 8.68. The summed E-state index contributed by atoms with van der Waals surface area (Å²) < 4.78 is 0. The topological polar surface area (TPSA) is 26.0 Å². The van der Waals surface area contributed by atoms with Gasteiger partial charge in [0.15, 0.2) is 0 Å². The Labute approximate surface area is 101 Å². The third-order valence-corrected chi connectivity index (χ3v) is 3.86. The highest BCUT2D eigenvalue weighted by atomic mass is 14.6. The molecule has 0 bridgehead atoms. The highest BCUT2D eigenvalue weighted by molar-refractivity contribution is 5.26. The Balaban J connectivity index is 2.66. The largest absolute Gasteiger partial charge is 0.327 e. The average molecular weight is 221 g/mol. The summed E-state index contributed by atoms with van der Waals surface area (Å²) in [7, 11) is 0. The van der Waals surface area contributed by atoms with Crippen molar-refractivity contribution in [2.45, 2.75) is 59.4 Å². The fourth-order valence-electron chi connectivity index (χ4n) is 2.07. The first-order valence-corrected chi connectivity index (χ1v) is 6.64. The highest BCUT2D eigenvalue weighted by Gasteiger charge is 2.21. The van der Waals surface area contributed by atoms with Gasteiger partial charge in [0.1, 0.15) is 0 Å². The van der Waals surface area contributed by atoms with Crippen LogP contribution >= 0.6 is 0 Å². The van der Waals surface area contributed by atoms with Gasteiger partial charge < -0.3 is 5.73 Å². The Morgan fingerprint density at radius 1 is 1.38 bits per heavy atom. The molecule has 0 spiro atoms. The van der Waals surface area contributed by atoms with E-state index < -0.39 is 0 Å². The molecular weight excluding hydrogens is 194 g/mol. The molecule has 0 aromatic heterocycles. The normalized spacial score (nSPS) is 22.1. The van der Waals surface area contributed by atoms with Gasteiger partial charge in [-0.15, -0.1) is 0 Å². The maximum atomic E-state index is 5.98. The molecule has 0 saturated heterocycles. The summed E-state index contributed by atoms with van der Waals surface area (Å²) in [5, 5.41) is 0. The Morgan fingerprint density at radius 2 is 2.00 bits per heavy atom. The fraction of sp³-hybridized carbons (Fsp3) is 0.733. The predicted molar refractivity (Wildman–Crippen MR) is 72.3 cm³/mol. The summed E-state index contributed by atoms with van der Waals surface area (Å²) in [6, 6.07) is 0.251. The van der Waals surface area contributed by atoms with Gasteiger partial charge in [-0.2, -0.15) is 0 Å². The average Bonchev–Trinajstić information content (AvgIpc) is 3.05. The van der Waals surface area contributed by atoms with Crippen molar-refractivity contribution < 1.29 is 0 Å². The second-order valence-electron chi connectivity index (χ2n) is 5.34. The second kappa shape index (κ2) is 6.24. The minimum Gasteiger partial charge on any atom is -0.327 e. The third-order valence-electron chi connectivity index (χ3n) is 3.86. The number of hydrogen-bond donors (Lipinski definition) is 1. The first-order valence-electron chi connectivity index (χ1n) is 6.64. The van der Waals surface area contributed by atoms with Gasteiger partial charge in [-0.1, -0.05) is 37.5 Å². The van der Waals surface area contributed by atoms with Crippen molar-refractivity contribution in [2.24, 2.45) is 17.6 Å². The molecule has 1 fully saturated rings. The van der Waals surface area contributed by atoms with E-state index in [0.29, 0.717) is 5.92 Å². The molecule has 0 amide bonds. The molecule has 92 valence electrons. The lowest BCUT2D eigenvalue weighted by Gasteiger charge is -2.19. The Kier molecular flexibility index (Phi) is 5.27. The summed E-state index contributed by atoms with van der Waals surface area (Å²) in [5.74, 6) is 1.50. The molecule has 0 unspecified atom stereocenters. The van der Waals surface area contributed by atoms with E-state index in [9.17, 15) is 0 Å². The standard InChI is InChI=1S/C15H27N/c1-5-6-15(10-9-14-7-8-14)12(3)11(2)13(4)16/h5-6,11,13-14H,7-10,16H2,1-4H3/b6-5-,15-12-/t11-,13-/m1/s1. The van der Waals surface area contributed by atoms with Crippen LogP contribution < -0.4 is 5.73 Å². The third kappa shape index (κ3) is 4.13. The summed E-state index contributed by atoms with van der Waals surface area (Å²) in [6.07, 6.45) is 9.92. The molecule has 1 aliphatic carbocycles. The molecule has 0 aromatic rings. The monoisotopic (exact) mass is 221 g/mol. The van der Waals surface area contributed by atoms with Crippen LogP contribution in [0.25, 0.3) is 0 Å². The van der Waals surface area contributed by atoms with Gasteiger partial charge in [-0.3, -0.25) is 0 Å². The molecule has 16 heavy (non-hydrogen) atoms. The zero-order valence-corrected chi connectivity index (χ0v) is 11.3. The number of hydrogen-bond acceptors (Lipinski definition) is 1. The zero-order valence-electron chi connectivity index (χ0n) is 11.3. The molecule has 1 heteroatoms. The first-order chi connectivity index (χ1) is 7.56. The van der Waals surface area contributed by atoms with Crippen LogP contribution in [0.2, 0.25) is 0 Å². The Hall–Kier alpha value is -0.560. The van der Waals surface area contributed by atoms with E-state index in [1.165, 1.54) is 36.8 Å². The number of rotatable bonds is 6. The van der Waals surface area contributed by atoms with Crippen molar-refractivity contribution in [3.63, 3.8) is 0 Å². The minimum atomic E-state index is 0.251. The van der Waals surface area contributed by atoms with Crippen LogP contribution in [0.5, 0.6) is 0 Å². The second-order valence-corrected chi connectivity index (χ2v) is 5.34. The SMILES string of the molecule is C/C=C\C(CCC1CC1)=C(/C)[C@@H](C)[C@@H](C)N. The van der Waals surface area contributed by atoms with E-state index in [-0.39, 0.29) is 6.04 Å². The summed E-state index contributed by atoms with van der Waals surface area (Å²) in [5.41, 5.74) is 8.97. The van der Waals surface area contributed by atoms with E-state index in [1.54, 1.807) is 0 Å². The smallest absolute Gasteiger partial charge is 0.00735 e. The molecular formula is C15H27N. The van der Waals surface area contributed by atoms with Gasteiger partial charge in [0.05, 0.1) is 0 Å². The molecule has 2 N–H and O–H groups in total. The molecule has 1 aliphatic rings. The van der Waals surface area contributed by atoms with Gasteiger partial charge in [0.2, 0.25) is 0 Å². The van der Waals surface area contributed by atoms with E-state index >= 15 is 0 Å². The maximum absolute atomic E-state index is 5.98. The van der Waals surface area contributed by atoms with Crippen LogP contribution in [0, 0.1) is 11.8 Å². The van der Waals surface area contributed by atoms with Crippen molar-refractivity contribution in [1.29, 1.82) is 0 Å². The van der Waals surface area contributed by atoms with Crippen molar-refractivity contribution in [1.82, 2.24) is 0 Å². The van der Waals surface area contributed by atoms with Crippen molar-refractivity contribution >= 4 is 0 Å². The van der Waals surface area contributed by atoms with Crippen LogP contribution in [0.15, 0.2) is 23.3 Å². The van der Waals surface area contributed by atoms with E-state index in [1.807, 2.05) is 0 Å². The van der Waals surface area contributed by atoms with Gasteiger partial charge >= 0.3 is 0 Å². The lowest BCUT2D eigenvalue weighted by atomic mass is 9.89. The fourth-order valence-corrected chi connectivity index (χ4v) is 2.07. The highest BCUT2D eigenvalue weighted by Crippen LogP contribution is 2.35. The maximum Gasteiger partial charge on any atom is 0.00735 e. The van der Waals surface area contributed by atoms with Gasteiger partial charge in [0.25, 0.3) is 0 Å². The molecule has 1 nitrogen and oxygen atoms in total. The van der Waals surface area contributed by atoms with E-state index in [0.717, 1.165) is 5.92 Å². The van der Waals surface area contributed by atoms with Crippen LogP contribution in [0.1, 0.15) is 53.4 Å². The summed E-state index contributed by atoms with van der Waals surface area (Å²) >= 11 is 0. The van der Waals surface area contributed by atoms with Crippen molar-refractivity contribution in [3.05, 3.63) is 23.3 Å². The number of nitrogens with two attached hydrogens (primary N) is 1. The lowest BCUT2D eigenvalue weighted by molar-refractivity contribution is 0.546. The molecule has 0 heterocycles. The van der Waals surface area contributed by atoms with Crippen molar-refractivity contribution in [3.8, 4) is 0 Å². The van der Waals surface area contributed by atoms with Crippen LogP contribution in [-0.4, -0.2) is 6.04 Å². The molecule has 0 aliphatic heterocycles. The molecule has 0 aromatic carbocycles. The quantitative estimate of drug-likeness (QED) is 0.673. The molecule has 1 saturated carbocycles. The first kappa shape index (κ1) is 13.5. The Bertz CT molecular complexity index is 269. The molecule has 0 radical (unpaired) electrons.